The van der Waals surface area contributed by atoms with Gasteiger partial charge in [0.05, 0.1) is 11.1 Å². The second-order valence-electron chi connectivity index (χ2n) is 4.39. The third-order valence-corrected chi connectivity index (χ3v) is 3.11. The van der Waals surface area contributed by atoms with E-state index in [-0.39, 0.29) is 17.6 Å². The van der Waals surface area contributed by atoms with Crippen molar-refractivity contribution in [1.82, 2.24) is 4.90 Å². The Kier molecular flexibility index (Phi) is 2.91. The third kappa shape index (κ3) is 2.01. The zero-order valence-electron chi connectivity index (χ0n) is 10.4. The van der Waals surface area contributed by atoms with Gasteiger partial charge in [0.15, 0.2) is 0 Å². The number of rotatable bonds is 2. The number of nitrogens with zero attached hydrogens (tertiary/aromatic N) is 1. The monoisotopic (exact) mass is 267 g/mol. The number of imide groups is 1. The van der Waals surface area contributed by atoms with Crippen molar-refractivity contribution >= 4 is 17.9 Å². The van der Waals surface area contributed by atoms with Crippen molar-refractivity contribution in [2.45, 2.75) is 0 Å². The minimum atomic E-state index is -0.344. The van der Waals surface area contributed by atoms with Crippen molar-refractivity contribution in [3.8, 4) is 0 Å². The van der Waals surface area contributed by atoms with Gasteiger partial charge in [-0.3, -0.25) is 9.59 Å². The van der Waals surface area contributed by atoms with Crippen LogP contribution in [0.25, 0.3) is 6.08 Å². The van der Waals surface area contributed by atoms with Gasteiger partial charge in [0.25, 0.3) is 11.8 Å². The predicted molar refractivity (Wildman–Crippen MR) is 72.4 cm³/mol. The van der Waals surface area contributed by atoms with Crippen LogP contribution in [0.1, 0.15) is 26.3 Å². The van der Waals surface area contributed by atoms with E-state index >= 15 is 0 Å². The average molecular weight is 267 g/mol. The predicted octanol–water partition coefficient (Wildman–Crippen LogP) is 3.09. The molecule has 98 valence electrons. The largest absolute Gasteiger partial charge is 0.268 e. The fourth-order valence-electron chi connectivity index (χ4n) is 2.08. The Bertz CT molecular complexity index is 685. The highest BCUT2D eigenvalue weighted by atomic mass is 19.1. The number of carbonyl (C=O) groups is 2. The molecule has 0 bridgehead atoms. The third-order valence-electron chi connectivity index (χ3n) is 3.11. The standard InChI is InChI=1S/C16H10FNO2/c17-12-7-5-11(6-8-12)9-10-18-15(19)13-3-1-2-4-14(13)16(18)20/h1-10H/b10-9+. The summed E-state index contributed by atoms with van der Waals surface area (Å²) in [6, 6.07) is 12.5. The molecule has 0 saturated heterocycles. The topological polar surface area (TPSA) is 37.4 Å². The Hall–Kier alpha value is -2.75. The molecule has 2 aromatic rings. The van der Waals surface area contributed by atoms with Crippen molar-refractivity contribution in [3.63, 3.8) is 0 Å². The molecule has 0 saturated carbocycles. The first-order valence-electron chi connectivity index (χ1n) is 6.07. The molecule has 3 rings (SSSR count). The van der Waals surface area contributed by atoms with Crippen LogP contribution in [0.15, 0.2) is 54.7 Å². The summed E-state index contributed by atoms with van der Waals surface area (Å²) in [4.78, 5) is 25.2. The van der Waals surface area contributed by atoms with Gasteiger partial charge in [-0.2, -0.15) is 0 Å². The first kappa shape index (κ1) is 12.3. The van der Waals surface area contributed by atoms with E-state index in [9.17, 15) is 14.0 Å². The van der Waals surface area contributed by atoms with Gasteiger partial charge in [0.1, 0.15) is 5.82 Å². The van der Waals surface area contributed by atoms with Crippen molar-refractivity contribution in [1.29, 1.82) is 0 Å². The second-order valence-corrected chi connectivity index (χ2v) is 4.39. The summed E-state index contributed by atoms with van der Waals surface area (Å²) in [6.45, 7) is 0. The zero-order chi connectivity index (χ0) is 14.1. The molecule has 3 nitrogen and oxygen atoms in total. The molecule has 1 heterocycles. The van der Waals surface area contributed by atoms with E-state index in [4.69, 9.17) is 0 Å². The number of carbonyl (C=O) groups excluding carboxylic acids is 2. The molecule has 0 radical (unpaired) electrons. The van der Waals surface area contributed by atoms with Crippen LogP contribution in [-0.2, 0) is 0 Å². The summed E-state index contributed by atoms with van der Waals surface area (Å²) in [7, 11) is 0. The number of halogens is 1. The molecule has 2 amide bonds. The normalized spacial score (nSPS) is 14.2. The van der Waals surface area contributed by atoms with Gasteiger partial charge in [0.2, 0.25) is 0 Å². The van der Waals surface area contributed by atoms with Gasteiger partial charge >= 0.3 is 0 Å². The maximum absolute atomic E-state index is 12.8. The number of hydrogen-bond acceptors (Lipinski definition) is 2. The summed E-state index contributed by atoms with van der Waals surface area (Å²) in [5.74, 6) is -1.02. The number of amides is 2. The fourth-order valence-corrected chi connectivity index (χ4v) is 2.08. The quantitative estimate of drug-likeness (QED) is 0.784. The molecule has 4 heteroatoms. The van der Waals surface area contributed by atoms with E-state index < -0.39 is 0 Å². The molecular formula is C16H10FNO2. The Morgan fingerprint density at radius 1 is 0.850 bits per heavy atom. The lowest BCUT2D eigenvalue weighted by molar-refractivity contribution is 0.0722. The van der Waals surface area contributed by atoms with Crippen molar-refractivity contribution in [2.24, 2.45) is 0 Å². The van der Waals surface area contributed by atoms with Gasteiger partial charge in [-0.25, -0.2) is 9.29 Å². The van der Waals surface area contributed by atoms with E-state index in [0.717, 1.165) is 4.90 Å². The molecule has 0 N–H and O–H groups in total. The lowest BCUT2D eigenvalue weighted by atomic mass is 10.1. The summed E-state index contributed by atoms with van der Waals surface area (Å²) in [5.41, 5.74) is 1.52. The number of fused-ring (bicyclic) bond motifs is 1. The molecule has 0 spiro atoms. The van der Waals surface area contributed by atoms with Gasteiger partial charge in [-0.05, 0) is 35.9 Å². The molecule has 0 aromatic heterocycles. The van der Waals surface area contributed by atoms with Gasteiger partial charge < -0.3 is 0 Å². The minimum Gasteiger partial charge on any atom is -0.268 e. The summed E-state index contributed by atoms with van der Waals surface area (Å²) in [5, 5.41) is 0. The van der Waals surface area contributed by atoms with Crippen LogP contribution in [0.3, 0.4) is 0 Å². The van der Waals surface area contributed by atoms with Crippen molar-refractivity contribution < 1.29 is 14.0 Å². The Morgan fingerprint density at radius 3 is 1.95 bits per heavy atom. The van der Waals surface area contributed by atoms with Gasteiger partial charge in [-0.1, -0.05) is 24.3 Å². The lowest BCUT2D eigenvalue weighted by Gasteiger charge is -2.06. The van der Waals surface area contributed by atoms with E-state index in [1.807, 2.05) is 0 Å². The molecule has 1 aliphatic rings. The molecule has 0 fully saturated rings. The number of hydrogen-bond donors (Lipinski definition) is 0. The Balaban J connectivity index is 1.88. The Morgan fingerprint density at radius 2 is 1.40 bits per heavy atom. The van der Waals surface area contributed by atoms with Crippen LogP contribution in [0.5, 0.6) is 0 Å². The van der Waals surface area contributed by atoms with Crippen LogP contribution >= 0.6 is 0 Å². The molecule has 0 aliphatic carbocycles. The molecular weight excluding hydrogens is 257 g/mol. The zero-order valence-corrected chi connectivity index (χ0v) is 10.4. The van der Waals surface area contributed by atoms with Crippen LogP contribution in [0, 0.1) is 5.82 Å². The second kappa shape index (κ2) is 4.74. The van der Waals surface area contributed by atoms with Crippen LogP contribution in [0.2, 0.25) is 0 Å². The molecule has 1 aliphatic heterocycles. The maximum atomic E-state index is 12.8. The van der Waals surface area contributed by atoms with Gasteiger partial charge in [0, 0.05) is 6.20 Å². The summed E-state index contributed by atoms with van der Waals surface area (Å²) >= 11 is 0. The SMILES string of the molecule is O=C1c2ccccc2C(=O)N1/C=C/c1ccc(F)cc1. The minimum absolute atomic E-state index is 0.331. The highest BCUT2D eigenvalue weighted by Gasteiger charge is 2.33. The fraction of sp³-hybridized carbons (Fsp3) is 0. The molecule has 20 heavy (non-hydrogen) atoms. The summed E-state index contributed by atoms with van der Waals surface area (Å²) in [6.07, 6.45) is 3.01. The van der Waals surface area contributed by atoms with Crippen LogP contribution in [0.4, 0.5) is 4.39 Å². The first-order chi connectivity index (χ1) is 9.66. The first-order valence-corrected chi connectivity index (χ1v) is 6.07. The average Bonchev–Trinajstić information content (AvgIpc) is 2.71. The highest BCUT2D eigenvalue weighted by molar-refractivity contribution is 6.22. The lowest BCUT2D eigenvalue weighted by Crippen LogP contribution is -2.23. The molecule has 0 unspecified atom stereocenters. The van der Waals surface area contributed by atoms with E-state index in [2.05, 4.69) is 0 Å². The maximum Gasteiger partial charge on any atom is 0.265 e. The van der Waals surface area contributed by atoms with Crippen LogP contribution in [-0.4, -0.2) is 16.7 Å². The van der Waals surface area contributed by atoms with Crippen molar-refractivity contribution in [2.75, 3.05) is 0 Å². The number of benzene rings is 2. The summed E-state index contributed by atoms with van der Waals surface area (Å²) < 4.78 is 12.8. The van der Waals surface area contributed by atoms with E-state index in [0.29, 0.717) is 16.7 Å². The van der Waals surface area contributed by atoms with E-state index in [1.54, 1.807) is 42.5 Å². The van der Waals surface area contributed by atoms with Crippen molar-refractivity contribution in [3.05, 3.63) is 77.2 Å². The molecule has 0 atom stereocenters. The molecule has 2 aromatic carbocycles. The van der Waals surface area contributed by atoms with Crippen LogP contribution < -0.4 is 0 Å². The van der Waals surface area contributed by atoms with Gasteiger partial charge in [-0.15, -0.1) is 0 Å². The smallest absolute Gasteiger partial charge is 0.265 e. The van der Waals surface area contributed by atoms with E-state index in [1.165, 1.54) is 18.3 Å². The highest BCUT2D eigenvalue weighted by Crippen LogP contribution is 2.23. The Labute approximate surface area is 115 Å².